The molecule has 4 bridgehead atoms. The van der Waals surface area contributed by atoms with Gasteiger partial charge in [-0.2, -0.15) is 0 Å². The van der Waals surface area contributed by atoms with Crippen LogP contribution >= 0.6 is 0 Å². The normalized spacial score (nSPS) is 44.2. The van der Waals surface area contributed by atoms with Gasteiger partial charge in [0.1, 0.15) is 0 Å². The lowest BCUT2D eigenvalue weighted by Gasteiger charge is -2.61. The van der Waals surface area contributed by atoms with Gasteiger partial charge in [-0.3, -0.25) is 4.79 Å². The molecule has 0 aromatic rings. The molecule has 2 N–H and O–H groups in total. The standard InChI is InChI=1S/C18H30N2O2/c1-2-22-18-10-13-7-14(11-18)9-17(8-13,12-18)16(21)20-15-3-5-19-6-4-15/h13-15,19H,2-12H2,1H3,(H,20,21). The summed E-state index contributed by atoms with van der Waals surface area (Å²) < 4.78 is 6.22. The van der Waals surface area contributed by atoms with Crippen molar-refractivity contribution in [1.82, 2.24) is 10.6 Å². The molecule has 22 heavy (non-hydrogen) atoms. The van der Waals surface area contributed by atoms with Crippen LogP contribution in [0.4, 0.5) is 0 Å². The van der Waals surface area contributed by atoms with E-state index in [1.54, 1.807) is 0 Å². The van der Waals surface area contributed by atoms with Crippen LogP contribution in [0.3, 0.4) is 0 Å². The highest BCUT2D eigenvalue weighted by atomic mass is 16.5. The predicted octanol–water partition coefficient (Wildman–Crippen LogP) is 2.23. The minimum absolute atomic E-state index is 0.0181. The molecule has 0 spiro atoms. The van der Waals surface area contributed by atoms with Gasteiger partial charge in [0.15, 0.2) is 0 Å². The van der Waals surface area contributed by atoms with Crippen molar-refractivity contribution >= 4 is 5.91 Å². The highest BCUT2D eigenvalue weighted by molar-refractivity contribution is 5.83. The van der Waals surface area contributed by atoms with Crippen LogP contribution < -0.4 is 10.6 Å². The van der Waals surface area contributed by atoms with Gasteiger partial charge >= 0.3 is 0 Å². The minimum atomic E-state index is -0.121. The molecule has 4 heteroatoms. The van der Waals surface area contributed by atoms with E-state index < -0.39 is 0 Å². The third-order valence-corrected chi connectivity index (χ3v) is 6.61. The number of hydrogen-bond donors (Lipinski definition) is 2. The Morgan fingerprint density at radius 3 is 2.50 bits per heavy atom. The highest BCUT2D eigenvalue weighted by Gasteiger charge is 2.61. The Morgan fingerprint density at radius 2 is 1.86 bits per heavy atom. The van der Waals surface area contributed by atoms with E-state index in [1.807, 2.05) is 0 Å². The maximum Gasteiger partial charge on any atom is 0.226 e. The number of carbonyl (C=O) groups excluding carboxylic acids is 1. The van der Waals surface area contributed by atoms with E-state index in [0.29, 0.717) is 23.8 Å². The molecule has 0 aromatic heterocycles. The zero-order chi connectivity index (χ0) is 15.2. The lowest BCUT2D eigenvalue weighted by molar-refractivity contribution is -0.196. The summed E-state index contributed by atoms with van der Waals surface area (Å²) in [6.45, 7) is 4.95. The molecule has 1 aliphatic heterocycles. The molecular formula is C18H30N2O2. The second-order valence-electron chi connectivity index (χ2n) is 8.36. The first-order valence-corrected chi connectivity index (χ1v) is 9.29. The Labute approximate surface area is 133 Å². The quantitative estimate of drug-likeness (QED) is 0.837. The first-order chi connectivity index (χ1) is 10.6. The number of nitrogens with one attached hydrogen (secondary N) is 2. The molecule has 4 aliphatic carbocycles. The third-order valence-electron chi connectivity index (χ3n) is 6.61. The van der Waals surface area contributed by atoms with E-state index >= 15 is 0 Å². The summed E-state index contributed by atoms with van der Waals surface area (Å²) in [5.41, 5.74) is -0.103. The number of ether oxygens (including phenoxy) is 1. The van der Waals surface area contributed by atoms with Gasteiger partial charge in [-0.25, -0.2) is 0 Å². The molecule has 2 unspecified atom stereocenters. The molecule has 4 saturated carbocycles. The molecule has 0 radical (unpaired) electrons. The molecule has 1 amide bonds. The summed E-state index contributed by atoms with van der Waals surface area (Å²) in [6, 6.07) is 0.379. The Morgan fingerprint density at radius 1 is 1.18 bits per heavy atom. The van der Waals surface area contributed by atoms with E-state index in [2.05, 4.69) is 17.6 Å². The topological polar surface area (TPSA) is 50.4 Å². The highest BCUT2D eigenvalue weighted by Crippen LogP contribution is 2.62. The van der Waals surface area contributed by atoms with Crippen molar-refractivity contribution in [3.8, 4) is 0 Å². The lowest BCUT2D eigenvalue weighted by atomic mass is 9.47. The fraction of sp³-hybridized carbons (Fsp3) is 0.944. The van der Waals surface area contributed by atoms with Gasteiger partial charge in [0.25, 0.3) is 0 Å². The van der Waals surface area contributed by atoms with Gasteiger partial charge < -0.3 is 15.4 Å². The maximum absolute atomic E-state index is 13.1. The van der Waals surface area contributed by atoms with E-state index in [9.17, 15) is 4.79 Å². The van der Waals surface area contributed by atoms with Crippen molar-refractivity contribution in [2.24, 2.45) is 17.3 Å². The fourth-order valence-electron chi connectivity index (χ4n) is 6.22. The van der Waals surface area contributed by atoms with Crippen molar-refractivity contribution in [2.75, 3.05) is 19.7 Å². The zero-order valence-electron chi connectivity index (χ0n) is 13.8. The average molecular weight is 306 g/mol. The molecule has 0 aromatic carbocycles. The average Bonchev–Trinajstić information content (AvgIpc) is 2.46. The van der Waals surface area contributed by atoms with Gasteiger partial charge in [0.05, 0.1) is 11.0 Å². The number of carbonyl (C=O) groups is 1. The number of rotatable bonds is 4. The van der Waals surface area contributed by atoms with Crippen molar-refractivity contribution in [1.29, 1.82) is 0 Å². The zero-order valence-corrected chi connectivity index (χ0v) is 13.8. The number of piperidine rings is 1. The van der Waals surface area contributed by atoms with Crippen molar-refractivity contribution < 1.29 is 9.53 Å². The van der Waals surface area contributed by atoms with Crippen LogP contribution in [0.2, 0.25) is 0 Å². The summed E-state index contributed by atoms with van der Waals surface area (Å²) in [4.78, 5) is 13.1. The van der Waals surface area contributed by atoms with E-state index in [-0.39, 0.29) is 11.0 Å². The van der Waals surface area contributed by atoms with Gasteiger partial charge in [-0.15, -0.1) is 0 Å². The van der Waals surface area contributed by atoms with Gasteiger partial charge in [-0.1, -0.05) is 0 Å². The molecule has 5 rings (SSSR count). The maximum atomic E-state index is 13.1. The summed E-state index contributed by atoms with van der Waals surface area (Å²) >= 11 is 0. The summed E-state index contributed by atoms with van der Waals surface area (Å²) in [7, 11) is 0. The molecule has 5 aliphatic rings. The minimum Gasteiger partial charge on any atom is -0.375 e. The largest absolute Gasteiger partial charge is 0.375 e. The number of hydrogen-bond acceptors (Lipinski definition) is 3. The van der Waals surface area contributed by atoms with Gasteiger partial charge in [0.2, 0.25) is 5.91 Å². The van der Waals surface area contributed by atoms with E-state index in [1.165, 1.54) is 19.3 Å². The molecular weight excluding hydrogens is 276 g/mol. The summed E-state index contributed by atoms with van der Waals surface area (Å²) in [5, 5.41) is 6.78. The van der Waals surface area contributed by atoms with Crippen LogP contribution in [0.5, 0.6) is 0 Å². The summed E-state index contributed by atoms with van der Waals surface area (Å²) in [6.07, 6.45) is 9.05. The van der Waals surface area contributed by atoms with E-state index in [4.69, 9.17) is 4.74 Å². The molecule has 5 fully saturated rings. The second kappa shape index (κ2) is 5.48. The van der Waals surface area contributed by atoms with Gasteiger partial charge in [0, 0.05) is 12.6 Å². The SMILES string of the molecule is CCOC12CC3CC(C1)CC(C(=O)NC1CCNCC1)(C3)C2. The fourth-order valence-corrected chi connectivity index (χ4v) is 6.22. The molecule has 124 valence electrons. The van der Waals surface area contributed by atoms with Crippen LogP contribution in [0.25, 0.3) is 0 Å². The Bertz CT molecular complexity index is 430. The monoisotopic (exact) mass is 306 g/mol. The number of amides is 1. The van der Waals surface area contributed by atoms with Crippen LogP contribution in [0.1, 0.15) is 58.3 Å². The van der Waals surface area contributed by atoms with Crippen molar-refractivity contribution in [3.05, 3.63) is 0 Å². The van der Waals surface area contributed by atoms with Crippen molar-refractivity contribution in [2.45, 2.75) is 69.9 Å². The van der Waals surface area contributed by atoms with Crippen molar-refractivity contribution in [3.63, 3.8) is 0 Å². The van der Waals surface area contributed by atoms with E-state index in [0.717, 1.165) is 51.8 Å². The van der Waals surface area contributed by atoms with Crippen LogP contribution in [0.15, 0.2) is 0 Å². The Balaban J connectivity index is 1.51. The van der Waals surface area contributed by atoms with Crippen LogP contribution in [-0.2, 0) is 9.53 Å². The molecule has 2 atom stereocenters. The van der Waals surface area contributed by atoms with Crippen LogP contribution in [-0.4, -0.2) is 37.2 Å². The predicted molar refractivity (Wildman–Crippen MR) is 85.5 cm³/mol. The smallest absolute Gasteiger partial charge is 0.226 e. The summed E-state index contributed by atoms with van der Waals surface area (Å²) in [5.74, 6) is 1.77. The Kier molecular flexibility index (Phi) is 3.73. The molecule has 1 heterocycles. The van der Waals surface area contributed by atoms with Crippen LogP contribution in [0, 0.1) is 17.3 Å². The first kappa shape index (κ1) is 14.9. The third kappa shape index (κ3) is 2.48. The Hall–Kier alpha value is -0.610. The lowest BCUT2D eigenvalue weighted by Crippen LogP contribution is -2.62. The van der Waals surface area contributed by atoms with Gasteiger partial charge in [-0.05, 0) is 83.2 Å². The molecule has 1 saturated heterocycles. The molecule has 4 nitrogen and oxygen atoms in total. The second-order valence-corrected chi connectivity index (χ2v) is 8.36. The first-order valence-electron chi connectivity index (χ1n) is 9.29.